The molecule has 0 amide bonds. The molecule has 0 bridgehead atoms. The molecule has 3 heteroatoms. The first-order valence-electron chi connectivity index (χ1n) is 8.37. The number of nitrogens with zero attached hydrogens (tertiary/aromatic N) is 2. The van der Waals surface area contributed by atoms with Gasteiger partial charge in [0.05, 0.1) is 0 Å². The van der Waals surface area contributed by atoms with E-state index >= 15 is 0 Å². The van der Waals surface area contributed by atoms with E-state index in [-0.39, 0.29) is 11.1 Å². The third-order valence-electron chi connectivity index (χ3n) is 6.13. The van der Waals surface area contributed by atoms with Crippen LogP contribution in [-0.2, 0) is 0 Å². The summed E-state index contributed by atoms with van der Waals surface area (Å²) in [5.74, 6) is 0. The van der Waals surface area contributed by atoms with E-state index in [1.807, 2.05) is 0 Å². The minimum absolute atomic E-state index is 0.256. The van der Waals surface area contributed by atoms with E-state index in [1.54, 1.807) is 0 Å². The number of hydrogen-bond donors (Lipinski definition) is 1. The fraction of sp³-hybridized carbons (Fsp3) is 1.00. The van der Waals surface area contributed by atoms with Crippen molar-refractivity contribution in [1.29, 1.82) is 0 Å². The van der Waals surface area contributed by atoms with E-state index in [1.165, 1.54) is 38.6 Å². The first kappa shape index (κ1) is 16.3. The zero-order valence-electron chi connectivity index (χ0n) is 14.3. The maximum Gasteiger partial charge on any atom is 0.0333 e. The number of hydrogen-bond acceptors (Lipinski definition) is 3. The molecule has 20 heavy (non-hydrogen) atoms. The second kappa shape index (κ2) is 5.58. The third kappa shape index (κ3) is 3.20. The maximum absolute atomic E-state index is 6.30. The number of piperazine rings is 1. The summed E-state index contributed by atoms with van der Waals surface area (Å²) in [5, 5.41) is 0. The van der Waals surface area contributed by atoms with Crippen molar-refractivity contribution in [3.05, 3.63) is 0 Å². The predicted octanol–water partition coefficient (Wildman–Crippen LogP) is 2.70. The van der Waals surface area contributed by atoms with Crippen LogP contribution in [0.1, 0.15) is 59.8 Å². The summed E-state index contributed by atoms with van der Waals surface area (Å²) < 4.78 is 0. The van der Waals surface area contributed by atoms with E-state index in [0.717, 1.165) is 19.6 Å². The molecule has 0 aromatic heterocycles. The molecule has 0 spiro atoms. The molecule has 1 saturated carbocycles. The minimum atomic E-state index is 0.256. The number of nitrogens with two attached hydrogens (primary N) is 1. The summed E-state index contributed by atoms with van der Waals surface area (Å²) in [6, 6.07) is 0. The fourth-order valence-corrected chi connectivity index (χ4v) is 4.01. The molecule has 118 valence electrons. The van der Waals surface area contributed by atoms with Crippen molar-refractivity contribution >= 4 is 0 Å². The zero-order valence-corrected chi connectivity index (χ0v) is 14.3. The molecule has 2 aliphatic rings. The smallest absolute Gasteiger partial charge is 0.0333 e. The molecule has 0 aromatic rings. The second-order valence-corrected chi connectivity index (χ2v) is 8.60. The zero-order chi connectivity index (χ0) is 15.0. The summed E-state index contributed by atoms with van der Waals surface area (Å²) in [5.41, 5.74) is 7.32. The Morgan fingerprint density at radius 3 is 2.25 bits per heavy atom. The normalized spacial score (nSPS) is 35.7. The van der Waals surface area contributed by atoms with Gasteiger partial charge in [0.25, 0.3) is 0 Å². The highest BCUT2D eigenvalue weighted by atomic mass is 15.3. The molecule has 2 fully saturated rings. The topological polar surface area (TPSA) is 32.5 Å². The van der Waals surface area contributed by atoms with Gasteiger partial charge in [0.2, 0.25) is 0 Å². The lowest BCUT2D eigenvalue weighted by molar-refractivity contribution is -0.0290. The Morgan fingerprint density at radius 1 is 0.950 bits per heavy atom. The van der Waals surface area contributed by atoms with Crippen molar-refractivity contribution in [2.24, 2.45) is 11.1 Å². The third-order valence-corrected chi connectivity index (χ3v) is 6.13. The highest BCUT2D eigenvalue weighted by Gasteiger charge is 2.43. The quantitative estimate of drug-likeness (QED) is 0.790. The van der Waals surface area contributed by atoms with Crippen LogP contribution in [0.5, 0.6) is 0 Å². The van der Waals surface area contributed by atoms with Gasteiger partial charge in [0, 0.05) is 37.3 Å². The van der Waals surface area contributed by atoms with Crippen LogP contribution < -0.4 is 5.73 Å². The van der Waals surface area contributed by atoms with Crippen LogP contribution in [0.3, 0.4) is 0 Å². The average molecular weight is 281 g/mol. The van der Waals surface area contributed by atoms with E-state index in [0.29, 0.717) is 5.41 Å². The van der Waals surface area contributed by atoms with Crippen LogP contribution in [0.4, 0.5) is 0 Å². The van der Waals surface area contributed by atoms with E-state index < -0.39 is 0 Å². The molecular formula is C17H35N3. The summed E-state index contributed by atoms with van der Waals surface area (Å²) in [7, 11) is 2.25. The Morgan fingerprint density at radius 2 is 1.65 bits per heavy atom. The highest BCUT2D eigenvalue weighted by Crippen LogP contribution is 2.41. The summed E-state index contributed by atoms with van der Waals surface area (Å²) in [6.07, 6.45) is 6.56. The molecule has 1 atom stereocenters. The summed E-state index contributed by atoms with van der Waals surface area (Å²) in [6.45, 7) is 13.9. The van der Waals surface area contributed by atoms with Gasteiger partial charge in [-0.15, -0.1) is 0 Å². The highest BCUT2D eigenvalue weighted by molar-refractivity contribution is 5.01. The van der Waals surface area contributed by atoms with Gasteiger partial charge in [0.15, 0.2) is 0 Å². The molecule has 2 rings (SSSR count). The lowest BCUT2D eigenvalue weighted by Crippen LogP contribution is -2.65. The maximum atomic E-state index is 6.30. The Labute approximate surface area is 125 Å². The van der Waals surface area contributed by atoms with Crippen molar-refractivity contribution in [2.75, 3.05) is 33.2 Å². The molecule has 1 unspecified atom stereocenters. The molecule has 2 N–H and O–H groups in total. The van der Waals surface area contributed by atoms with E-state index in [9.17, 15) is 0 Å². The molecule has 1 saturated heterocycles. The molecule has 0 aromatic carbocycles. The van der Waals surface area contributed by atoms with Crippen LogP contribution in [0.25, 0.3) is 0 Å². The van der Waals surface area contributed by atoms with Crippen LogP contribution in [0.15, 0.2) is 0 Å². The molecule has 0 radical (unpaired) electrons. The van der Waals surface area contributed by atoms with Crippen molar-refractivity contribution in [1.82, 2.24) is 9.80 Å². The minimum Gasteiger partial charge on any atom is -0.329 e. The molecule has 1 aliphatic carbocycles. The monoisotopic (exact) mass is 281 g/mol. The van der Waals surface area contributed by atoms with E-state index in [2.05, 4.69) is 44.5 Å². The lowest BCUT2D eigenvalue weighted by atomic mass is 9.82. The largest absolute Gasteiger partial charge is 0.329 e. The van der Waals surface area contributed by atoms with Gasteiger partial charge in [0.1, 0.15) is 0 Å². The predicted molar refractivity (Wildman–Crippen MR) is 86.9 cm³/mol. The summed E-state index contributed by atoms with van der Waals surface area (Å²) in [4.78, 5) is 5.22. The second-order valence-electron chi connectivity index (χ2n) is 8.60. The fourth-order valence-electron chi connectivity index (χ4n) is 4.01. The van der Waals surface area contributed by atoms with Crippen molar-refractivity contribution in [2.45, 2.75) is 70.9 Å². The van der Waals surface area contributed by atoms with Gasteiger partial charge >= 0.3 is 0 Å². The van der Waals surface area contributed by atoms with Gasteiger partial charge in [-0.05, 0) is 52.0 Å². The average Bonchev–Trinajstić information content (AvgIpc) is 2.52. The standard InChI is InChI=1S/C17H35N3/c1-15(2)7-6-8-17(13-18,10-9-15)20-12-11-19(5)16(3,4)14-20/h6-14,18H2,1-5H3. The number of likely N-dealkylation sites (N-methyl/N-ethyl adjacent to an activating group) is 1. The van der Waals surface area contributed by atoms with Crippen molar-refractivity contribution < 1.29 is 0 Å². The Bertz CT molecular complexity index is 337. The van der Waals surface area contributed by atoms with Crippen molar-refractivity contribution in [3.63, 3.8) is 0 Å². The van der Waals surface area contributed by atoms with Gasteiger partial charge < -0.3 is 5.73 Å². The molecule has 3 nitrogen and oxygen atoms in total. The van der Waals surface area contributed by atoms with Gasteiger partial charge in [-0.25, -0.2) is 0 Å². The number of rotatable bonds is 2. The van der Waals surface area contributed by atoms with Crippen molar-refractivity contribution in [3.8, 4) is 0 Å². The van der Waals surface area contributed by atoms with Crippen LogP contribution >= 0.6 is 0 Å². The molecule has 1 heterocycles. The first-order valence-corrected chi connectivity index (χ1v) is 8.37. The SMILES string of the molecule is CN1CCN(C2(CN)CCCC(C)(C)CC2)CC1(C)C. The lowest BCUT2D eigenvalue weighted by Gasteiger charge is -2.53. The van der Waals surface area contributed by atoms with Crippen LogP contribution in [-0.4, -0.2) is 54.1 Å². The van der Waals surface area contributed by atoms with E-state index in [4.69, 9.17) is 5.73 Å². The molecular weight excluding hydrogens is 246 g/mol. The van der Waals surface area contributed by atoms with Gasteiger partial charge in [-0.2, -0.15) is 0 Å². The van der Waals surface area contributed by atoms with Gasteiger partial charge in [-0.3, -0.25) is 9.80 Å². The van der Waals surface area contributed by atoms with Gasteiger partial charge in [-0.1, -0.05) is 20.3 Å². The summed E-state index contributed by atoms with van der Waals surface area (Å²) >= 11 is 0. The van der Waals surface area contributed by atoms with Crippen LogP contribution in [0.2, 0.25) is 0 Å². The Balaban J connectivity index is 2.15. The Hall–Kier alpha value is -0.120. The first-order chi connectivity index (χ1) is 9.21. The Kier molecular flexibility index (Phi) is 4.54. The van der Waals surface area contributed by atoms with Crippen LogP contribution in [0, 0.1) is 5.41 Å². The molecule has 1 aliphatic heterocycles.